The molecule has 1 aromatic heterocycles. The van der Waals surface area contributed by atoms with Gasteiger partial charge in [-0.25, -0.2) is 0 Å². The van der Waals surface area contributed by atoms with Crippen LogP contribution in [0.4, 0.5) is 0 Å². The van der Waals surface area contributed by atoms with E-state index < -0.39 is 10.8 Å². The summed E-state index contributed by atoms with van der Waals surface area (Å²) in [7, 11) is -0.904. The zero-order chi connectivity index (χ0) is 12.8. The van der Waals surface area contributed by atoms with Crippen molar-refractivity contribution in [3.05, 3.63) is 51.1 Å². The summed E-state index contributed by atoms with van der Waals surface area (Å²) >= 11 is 5.15. The van der Waals surface area contributed by atoms with Gasteiger partial charge >= 0.3 is 0 Å². The van der Waals surface area contributed by atoms with Crippen LogP contribution in [0.25, 0.3) is 0 Å². The maximum Gasteiger partial charge on any atom is 0.0542 e. The molecular formula is C13H14BrNOS2. The van der Waals surface area contributed by atoms with Crippen LogP contribution in [0.2, 0.25) is 0 Å². The molecule has 1 atom stereocenters. The maximum atomic E-state index is 11.9. The summed E-state index contributed by atoms with van der Waals surface area (Å²) in [5.41, 5.74) is 0. The molecular weight excluding hydrogens is 330 g/mol. The van der Waals surface area contributed by atoms with E-state index in [1.54, 1.807) is 11.3 Å². The van der Waals surface area contributed by atoms with Crippen LogP contribution in [-0.4, -0.2) is 16.5 Å². The average molecular weight is 344 g/mol. The summed E-state index contributed by atoms with van der Waals surface area (Å²) in [6.07, 6.45) is 0. The van der Waals surface area contributed by atoms with E-state index in [0.29, 0.717) is 5.75 Å². The Bertz CT molecular complexity index is 513. The van der Waals surface area contributed by atoms with Crippen LogP contribution >= 0.6 is 27.3 Å². The van der Waals surface area contributed by atoms with Gasteiger partial charge in [-0.3, -0.25) is 4.21 Å². The van der Waals surface area contributed by atoms with Gasteiger partial charge in [0, 0.05) is 38.5 Å². The number of hydrogen-bond acceptors (Lipinski definition) is 3. The molecule has 1 unspecified atom stereocenters. The van der Waals surface area contributed by atoms with Crippen molar-refractivity contribution >= 4 is 38.1 Å². The molecule has 18 heavy (non-hydrogen) atoms. The van der Waals surface area contributed by atoms with Crippen molar-refractivity contribution in [1.29, 1.82) is 0 Å². The second-order valence-corrected chi connectivity index (χ2v) is 7.25. The molecule has 0 spiro atoms. The molecule has 1 N–H and O–H groups in total. The molecule has 0 aliphatic carbocycles. The summed E-state index contributed by atoms with van der Waals surface area (Å²) in [5.74, 6) is 0.649. The lowest BCUT2D eigenvalue weighted by Crippen LogP contribution is -2.19. The number of thiophene rings is 1. The van der Waals surface area contributed by atoms with Crippen molar-refractivity contribution in [2.75, 3.05) is 12.3 Å². The Labute approximate surface area is 122 Å². The van der Waals surface area contributed by atoms with Crippen LogP contribution in [-0.2, 0) is 17.3 Å². The lowest BCUT2D eigenvalue weighted by molar-refractivity contribution is 0.674. The molecule has 2 aromatic rings. The Morgan fingerprint density at radius 2 is 2.06 bits per heavy atom. The van der Waals surface area contributed by atoms with Gasteiger partial charge in [-0.15, -0.1) is 11.3 Å². The Morgan fingerprint density at radius 3 is 2.72 bits per heavy atom. The summed E-state index contributed by atoms with van der Waals surface area (Å²) in [5, 5.41) is 5.38. The molecule has 0 saturated carbocycles. The lowest BCUT2D eigenvalue weighted by Gasteiger charge is -2.03. The maximum absolute atomic E-state index is 11.9. The van der Waals surface area contributed by atoms with Gasteiger partial charge in [-0.2, -0.15) is 0 Å². The van der Waals surface area contributed by atoms with Crippen molar-refractivity contribution in [1.82, 2.24) is 5.32 Å². The molecule has 0 fully saturated rings. The number of rotatable bonds is 6. The van der Waals surface area contributed by atoms with Crippen LogP contribution < -0.4 is 5.32 Å². The highest BCUT2D eigenvalue weighted by Gasteiger charge is 2.02. The molecule has 96 valence electrons. The largest absolute Gasteiger partial charge is 0.311 e. The molecule has 0 bridgehead atoms. The molecule has 1 heterocycles. The molecule has 0 aliphatic heterocycles. The van der Waals surface area contributed by atoms with Crippen molar-refractivity contribution < 1.29 is 4.21 Å². The average Bonchev–Trinajstić information content (AvgIpc) is 2.81. The minimum absolute atomic E-state index is 0.649. The first-order valence-corrected chi connectivity index (χ1v) is 8.62. The zero-order valence-corrected chi connectivity index (χ0v) is 13.0. The predicted octanol–water partition coefficient (Wildman–Crippen LogP) is 3.41. The van der Waals surface area contributed by atoms with Gasteiger partial charge in [0.05, 0.1) is 10.8 Å². The van der Waals surface area contributed by atoms with E-state index in [0.717, 1.165) is 22.5 Å². The monoisotopic (exact) mass is 343 g/mol. The van der Waals surface area contributed by atoms with Gasteiger partial charge in [-0.05, 0) is 34.1 Å². The first-order chi connectivity index (χ1) is 8.75. The topological polar surface area (TPSA) is 29.1 Å². The highest BCUT2D eigenvalue weighted by atomic mass is 79.9. The Balaban J connectivity index is 1.71. The minimum Gasteiger partial charge on any atom is -0.311 e. The van der Waals surface area contributed by atoms with E-state index in [1.165, 1.54) is 4.88 Å². The number of benzene rings is 1. The Hall–Kier alpha value is -0.490. The molecule has 2 nitrogen and oxygen atoms in total. The van der Waals surface area contributed by atoms with E-state index in [1.807, 2.05) is 30.3 Å². The van der Waals surface area contributed by atoms with Gasteiger partial charge in [0.1, 0.15) is 0 Å². The van der Waals surface area contributed by atoms with E-state index in [9.17, 15) is 4.21 Å². The van der Waals surface area contributed by atoms with E-state index in [-0.39, 0.29) is 0 Å². The normalized spacial score (nSPS) is 12.5. The van der Waals surface area contributed by atoms with Gasteiger partial charge in [0.2, 0.25) is 0 Å². The van der Waals surface area contributed by atoms with Gasteiger partial charge in [0.15, 0.2) is 0 Å². The second-order valence-electron chi connectivity index (χ2n) is 3.77. The highest BCUT2D eigenvalue weighted by Crippen LogP contribution is 2.19. The molecule has 0 saturated heterocycles. The van der Waals surface area contributed by atoms with E-state index in [4.69, 9.17) is 0 Å². The lowest BCUT2D eigenvalue weighted by atomic mass is 10.4. The van der Waals surface area contributed by atoms with Crippen molar-refractivity contribution in [2.24, 2.45) is 0 Å². The van der Waals surface area contributed by atoms with E-state index >= 15 is 0 Å². The summed E-state index contributed by atoms with van der Waals surface area (Å²) in [6.45, 7) is 1.60. The molecule has 0 aliphatic rings. The smallest absolute Gasteiger partial charge is 0.0542 e. The molecule has 5 heteroatoms. The number of halogens is 1. The number of nitrogens with one attached hydrogen (secondary N) is 1. The molecule has 0 amide bonds. The molecule has 1 aromatic carbocycles. The third-order valence-corrected chi connectivity index (χ3v) is 5.46. The van der Waals surface area contributed by atoms with Crippen LogP contribution in [0.1, 0.15) is 4.88 Å². The number of hydrogen-bond donors (Lipinski definition) is 1. The first kappa shape index (κ1) is 13.9. The van der Waals surface area contributed by atoms with Gasteiger partial charge in [-0.1, -0.05) is 18.2 Å². The van der Waals surface area contributed by atoms with Crippen molar-refractivity contribution in [3.8, 4) is 0 Å². The van der Waals surface area contributed by atoms with Crippen molar-refractivity contribution in [2.45, 2.75) is 11.4 Å². The SMILES string of the molecule is O=S(CCNCc1cc(Br)cs1)c1ccccc1. The van der Waals surface area contributed by atoms with Crippen LogP contribution in [0.5, 0.6) is 0 Å². The third kappa shape index (κ3) is 4.31. The van der Waals surface area contributed by atoms with Crippen molar-refractivity contribution in [3.63, 3.8) is 0 Å². The summed E-state index contributed by atoms with van der Waals surface area (Å²) in [4.78, 5) is 2.19. The van der Waals surface area contributed by atoms with Crippen LogP contribution in [0.15, 0.2) is 51.1 Å². The van der Waals surface area contributed by atoms with Crippen LogP contribution in [0.3, 0.4) is 0 Å². The van der Waals surface area contributed by atoms with Crippen LogP contribution in [0, 0.1) is 0 Å². The minimum atomic E-state index is -0.904. The third-order valence-electron chi connectivity index (χ3n) is 2.39. The van der Waals surface area contributed by atoms with Gasteiger partial charge < -0.3 is 5.32 Å². The molecule has 2 rings (SSSR count). The highest BCUT2D eigenvalue weighted by molar-refractivity contribution is 9.10. The predicted molar refractivity (Wildman–Crippen MR) is 81.4 cm³/mol. The quantitative estimate of drug-likeness (QED) is 0.814. The Morgan fingerprint density at radius 1 is 1.28 bits per heavy atom. The zero-order valence-electron chi connectivity index (χ0n) is 9.77. The molecule has 0 radical (unpaired) electrons. The fourth-order valence-electron chi connectivity index (χ4n) is 1.51. The second kappa shape index (κ2) is 7.19. The fourth-order valence-corrected chi connectivity index (χ4v) is 3.96. The fraction of sp³-hybridized carbons (Fsp3) is 0.231. The summed E-state index contributed by atoms with van der Waals surface area (Å²) < 4.78 is 13.0. The first-order valence-electron chi connectivity index (χ1n) is 5.63. The summed E-state index contributed by atoms with van der Waals surface area (Å²) in [6, 6.07) is 11.7. The van der Waals surface area contributed by atoms with E-state index in [2.05, 4.69) is 32.7 Å². The van der Waals surface area contributed by atoms with Gasteiger partial charge in [0.25, 0.3) is 0 Å². The standard InChI is InChI=1S/C13H14BrNOS2/c14-11-8-12(17-10-11)9-15-6-7-18(16)13-4-2-1-3-5-13/h1-5,8,10,15H,6-7,9H2. The Kier molecular flexibility index (Phi) is 5.56.